The van der Waals surface area contributed by atoms with E-state index in [0.29, 0.717) is 6.54 Å². The minimum atomic E-state index is -3.22. The molecule has 1 aromatic rings. The number of rotatable bonds is 6. The number of methoxy groups -OCH3 is 1. The predicted molar refractivity (Wildman–Crippen MR) is 86.0 cm³/mol. The zero-order valence-corrected chi connectivity index (χ0v) is 14.9. The summed E-state index contributed by atoms with van der Waals surface area (Å²) >= 11 is 3.50. The molecule has 0 aliphatic heterocycles. The molecule has 4 nitrogen and oxygen atoms in total. The Morgan fingerprint density at radius 3 is 2.40 bits per heavy atom. The molecule has 1 rings (SSSR count). The van der Waals surface area contributed by atoms with Gasteiger partial charge in [-0.3, -0.25) is 0 Å². The Morgan fingerprint density at radius 2 is 2.00 bits per heavy atom. The smallest absolute Gasteiger partial charge is 0.154 e. The third-order valence-corrected chi connectivity index (χ3v) is 6.41. The van der Waals surface area contributed by atoms with Gasteiger partial charge in [0, 0.05) is 10.7 Å². The van der Waals surface area contributed by atoms with Crippen LogP contribution in [0.5, 0.6) is 5.75 Å². The fraction of sp³-hybridized carbons (Fsp3) is 0.571. The first-order valence-corrected chi connectivity index (χ1v) is 9.10. The van der Waals surface area contributed by atoms with E-state index >= 15 is 0 Å². The second-order valence-corrected chi connectivity index (χ2v) is 8.70. The van der Waals surface area contributed by atoms with Gasteiger partial charge in [0.05, 0.1) is 17.9 Å². The monoisotopic (exact) mass is 363 g/mol. The van der Waals surface area contributed by atoms with Gasteiger partial charge in [-0.25, -0.2) is 8.42 Å². The van der Waals surface area contributed by atoms with Crippen molar-refractivity contribution in [2.24, 2.45) is 0 Å². The summed E-state index contributed by atoms with van der Waals surface area (Å²) in [5.74, 6) is 0.730. The highest BCUT2D eigenvalue weighted by Crippen LogP contribution is 2.37. The maximum Gasteiger partial charge on any atom is 0.154 e. The Morgan fingerprint density at radius 1 is 1.40 bits per heavy atom. The highest BCUT2D eigenvalue weighted by molar-refractivity contribution is 9.10. The first-order chi connectivity index (χ1) is 9.15. The molecule has 0 saturated heterocycles. The van der Waals surface area contributed by atoms with Crippen molar-refractivity contribution < 1.29 is 13.2 Å². The molecule has 0 aliphatic carbocycles. The standard InChI is InChI=1S/C14H22BrNO3S/c1-6-16-13(14(2,3)20(5,17)18)11-8-7-10(19-4)9-12(11)15/h7-9,13,16H,6H2,1-5H3. The van der Waals surface area contributed by atoms with Crippen LogP contribution in [0.1, 0.15) is 32.4 Å². The second kappa shape index (κ2) is 6.45. The summed E-state index contributed by atoms with van der Waals surface area (Å²) in [5.41, 5.74) is 0.906. The van der Waals surface area contributed by atoms with Crippen LogP contribution in [0.4, 0.5) is 0 Å². The molecule has 0 aromatic heterocycles. The number of benzene rings is 1. The van der Waals surface area contributed by atoms with Gasteiger partial charge < -0.3 is 10.1 Å². The zero-order chi connectivity index (χ0) is 15.6. The van der Waals surface area contributed by atoms with Crippen LogP contribution in [-0.4, -0.2) is 33.1 Å². The minimum absolute atomic E-state index is 0.303. The van der Waals surface area contributed by atoms with Crippen LogP contribution in [0.15, 0.2) is 22.7 Å². The maximum absolute atomic E-state index is 12.1. The van der Waals surface area contributed by atoms with E-state index in [9.17, 15) is 8.42 Å². The number of hydrogen-bond acceptors (Lipinski definition) is 4. The first-order valence-electron chi connectivity index (χ1n) is 6.41. The van der Waals surface area contributed by atoms with E-state index in [1.807, 2.05) is 25.1 Å². The number of ether oxygens (including phenoxy) is 1. The third kappa shape index (κ3) is 3.54. The number of halogens is 1. The van der Waals surface area contributed by atoms with Crippen LogP contribution in [-0.2, 0) is 9.84 Å². The third-order valence-electron chi connectivity index (χ3n) is 3.58. The molecule has 0 bridgehead atoms. The second-order valence-electron chi connectivity index (χ2n) is 5.25. The number of hydrogen-bond donors (Lipinski definition) is 1. The molecule has 114 valence electrons. The van der Waals surface area contributed by atoms with E-state index in [4.69, 9.17) is 4.74 Å². The Kier molecular flexibility index (Phi) is 5.63. The van der Waals surface area contributed by atoms with Gasteiger partial charge >= 0.3 is 0 Å². The van der Waals surface area contributed by atoms with E-state index in [1.165, 1.54) is 6.26 Å². The van der Waals surface area contributed by atoms with Crippen LogP contribution < -0.4 is 10.1 Å². The normalized spacial score (nSPS) is 14.1. The Hall–Kier alpha value is -0.590. The van der Waals surface area contributed by atoms with Gasteiger partial charge in [0.2, 0.25) is 0 Å². The van der Waals surface area contributed by atoms with Crippen LogP contribution in [0, 0.1) is 0 Å². The lowest BCUT2D eigenvalue weighted by atomic mass is 9.95. The largest absolute Gasteiger partial charge is 0.497 e. The molecule has 0 spiro atoms. The molecule has 0 amide bonds. The quantitative estimate of drug-likeness (QED) is 0.843. The molecule has 0 saturated carbocycles. The van der Waals surface area contributed by atoms with E-state index in [-0.39, 0.29) is 6.04 Å². The summed E-state index contributed by atoms with van der Waals surface area (Å²) in [6, 6.07) is 5.27. The van der Waals surface area contributed by atoms with Crippen molar-refractivity contribution in [3.63, 3.8) is 0 Å². The topological polar surface area (TPSA) is 55.4 Å². The summed E-state index contributed by atoms with van der Waals surface area (Å²) in [4.78, 5) is 0. The Bertz CT molecular complexity index is 570. The van der Waals surface area contributed by atoms with E-state index in [1.54, 1.807) is 21.0 Å². The lowest BCUT2D eigenvalue weighted by Gasteiger charge is -2.34. The average molecular weight is 364 g/mol. The van der Waals surface area contributed by atoms with Gasteiger partial charge in [0.25, 0.3) is 0 Å². The van der Waals surface area contributed by atoms with Gasteiger partial charge in [-0.15, -0.1) is 0 Å². The highest BCUT2D eigenvalue weighted by Gasteiger charge is 2.40. The summed E-state index contributed by atoms with van der Waals surface area (Å²) in [6.07, 6.45) is 1.27. The van der Waals surface area contributed by atoms with E-state index in [2.05, 4.69) is 21.2 Å². The van der Waals surface area contributed by atoms with Gasteiger partial charge in [-0.05, 0) is 38.1 Å². The molecule has 1 unspecified atom stereocenters. The van der Waals surface area contributed by atoms with Crippen molar-refractivity contribution in [1.82, 2.24) is 5.32 Å². The van der Waals surface area contributed by atoms with Gasteiger partial charge in [0.15, 0.2) is 9.84 Å². The van der Waals surface area contributed by atoms with Crippen molar-refractivity contribution in [2.45, 2.75) is 31.6 Å². The average Bonchev–Trinajstić information content (AvgIpc) is 2.34. The number of nitrogens with one attached hydrogen (secondary N) is 1. The lowest BCUT2D eigenvalue weighted by Crippen LogP contribution is -2.45. The first kappa shape index (κ1) is 17.5. The van der Waals surface area contributed by atoms with Crippen molar-refractivity contribution in [3.8, 4) is 5.75 Å². The zero-order valence-electron chi connectivity index (χ0n) is 12.5. The summed E-state index contributed by atoms with van der Waals surface area (Å²) in [6.45, 7) is 6.13. The minimum Gasteiger partial charge on any atom is -0.497 e. The molecule has 0 fully saturated rings. The molecule has 0 heterocycles. The number of sulfone groups is 1. The van der Waals surface area contributed by atoms with Crippen LogP contribution >= 0.6 is 15.9 Å². The van der Waals surface area contributed by atoms with Gasteiger partial charge in [-0.1, -0.05) is 28.9 Å². The maximum atomic E-state index is 12.1. The molecule has 1 N–H and O–H groups in total. The fourth-order valence-corrected chi connectivity index (χ4v) is 3.24. The summed E-state index contributed by atoms with van der Waals surface area (Å²) < 4.78 is 29.3. The van der Waals surface area contributed by atoms with E-state index < -0.39 is 14.6 Å². The molecular formula is C14H22BrNO3S. The molecular weight excluding hydrogens is 342 g/mol. The van der Waals surface area contributed by atoms with Crippen LogP contribution in [0.3, 0.4) is 0 Å². The molecule has 1 atom stereocenters. The van der Waals surface area contributed by atoms with Gasteiger partial charge in [-0.2, -0.15) is 0 Å². The molecule has 6 heteroatoms. The predicted octanol–water partition coefficient (Wildman–Crippen LogP) is 2.93. The van der Waals surface area contributed by atoms with Crippen molar-refractivity contribution in [3.05, 3.63) is 28.2 Å². The molecule has 20 heavy (non-hydrogen) atoms. The highest BCUT2D eigenvalue weighted by atomic mass is 79.9. The van der Waals surface area contributed by atoms with Crippen molar-refractivity contribution in [1.29, 1.82) is 0 Å². The molecule has 0 aliphatic rings. The van der Waals surface area contributed by atoms with Crippen LogP contribution in [0.2, 0.25) is 0 Å². The fourth-order valence-electron chi connectivity index (χ4n) is 2.02. The summed E-state index contributed by atoms with van der Waals surface area (Å²) in [7, 11) is -1.62. The van der Waals surface area contributed by atoms with Crippen LogP contribution in [0.25, 0.3) is 0 Å². The van der Waals surface area contributed by atoms with Gasteiger partial charge in [0.1, 0.15) is 5.75 Å². The van der Waals surface area contributed by atoms with Crippen molar-refractivity contribution in [2.75, 3.05) is 19.9 Å². The van der Waals surface area contributed by atoms with Crippen molar-refractivity contribution >= 4 is 25.8 Å². The Balaban J connectivity index is 3.35. The molecule has 0 radical (unpaired) electrons. The summed E-state index contributed by atoms with van der Waals surface area (Å²) in [5, 5.41) is 3.27. The Labute approximate surface area is 130 Å². The molecule has 1 aromatic carbocycles. The SMILES string of the molecule is CCNC(c1ccc(OC)cc1Br)C(C)(C)S(C)(=O)=O. The van der Waals surface area contributed by atoms with E-state index in [0.717, 1.165) is 15.8 Å². The lowest BCUT2D eigenvalue weighted by molar-refractivity contribution is 0.410.